The molecule has 3 rings (SSSR count). The predicted molar refractivity (Wildman–Crippen MR) is 89.6 cm³/mol. The first-order valence-corrected chi connectivity index (χ1v) is 8.52. The summed E-state index contributed by atoms with van der Waals surface area (Å²) in [4.78, 5) is 32.9. The Morgan fingerprint density at radius 2 is 2.08 bits per heavy atom. The molecule has 0 aromatic carbocycles. The molecule has 1 N–H and O–H groups in total. The zero-order valence-electron chi connectivity index (χ0n) is 14.0. The maximum Gasteiger partial charge on any atom is 0.249 e. The maximum atomic E-state index is 12.5. The van der Waals surface area contributed by atoms with Crippen LogP contribution in [-0.4, -0.2) is 66.6 Å². The van der Waals surface area contributed by atoms with Gasteiger partial charge in [-0.2, -0.15) is 0 Å². The van der Waals surface area contributed by atoms with Crippen molar-refractivity contribution in [3.8, 4) is 0 Å². The van der Waals surface area contributed by atoms with Crippen molar-refractivity contribution < 1.29 is 14.3 Å². The largest absolute Gasteiger partial charge is 0.368 e. The number of anilines is 1. The van der Waals surface area contributed by atoms with Crippen LogP contribution in [0.3, 0.4) is 0 Å². The quantitative estimate of drug-likeness (QED) is 0.865. The van der Waals surface area contributed by atoms with Crippen LogP contribution >= 0.6 is 0 Å². The molecule has 7 heteroatoms. The van der Waals surface area contributed by atoms with Gasteiger partial charge in [0.2, 0.25) is 11.8 Å². The molecular weight excluding hydrogens is 308 g/mol. The first kappa shape index (κ1) is 16.7. The number of hydrogen-bond acceptors (Lipinski definition) is 5. The van der Waals surface area contributed by atoms with Crippen LogP contribution in [0.4, 0.5) is 5.82 Å². The summed E-state index contributed by atoms with van der Waals surface area (Å²) in [7, 11) is 0. The van der Waals surface area contributed by atoms with Crippen LogP contribution in [0.25, 0.3) is 0 Å². The number of pyridine rings is 1. The Bertz CT molecular complexity index is 566. The molecule has 7 nitrogen and oxygen atoms in total. The summed E-state index contributed by atoms with van der Waals surface area (Å²) in [6.07, 6.45) is 3.00. The van der Waals surface area contributed by atoms with E-state index in [1.165, 1.54) is 0 Å². The monoisotopic (exact) mass is 332 g/mol. The van der Waals surface area contributed by atoms with Crippen molar-refractivity contribution in [2.24, 2.45) is 0 Å². The summed E-state index contributed by atoms with van der Waals surface area (Å²) >= 11 is 0. The second-order valence-electron chi connectivity index (χ2n) is 6.23. The Morgan fingerprint density at radius 1 is 1.29 bits per heavy atom. The van der Waals surface area contributed by atoms with Crippen LogP contribution in [0.15, 0.2) is 24.4 Å². The molecule has 1 aromatic heterocycles. The first-order chi connectivity index (χ1) is 11.6. The van der Waals surface area contributed by atoms with Crippen LogP contribution in [0, 0.1) is 0 Å². The number of nitrogens with zero attached hydrogens (tertiary/aromatic N) is 3. The third kappa shape index (κ3) is 3.84. The molecule has 2 atom stereocenters. The summed E-state index contributed by atoms with van der Waals surface area (Å²) in [6.45, 7) is 5.12. The predicted octanol–water partition coefficient (Wildman–Crippen LogP) is 0.414. The highest BCUT2D eigenvalue weighted by atomic mass is 16.5. The molecule has 130 valence electrons. The fourth-order valence-electron chi connectivity index (χ4n) is 3.12. The normalized spacial score (nSPS) is 22.3. The Kier molecular flexibility index (Phi) is 5.30. The van der Waals surface area contributed by atoms with Crippen molar-refractivity contribution in [1.29, 1.82) is 0 Å². The Labute approximate surface area is 142 Å². The van der Waals surface area contributed by atoms with E-state index in [-0.39, 0.29) is 11.8 Å². The van der Waals surface area contributed by atoms with Crippen LogP contribution < -0.4 is 10.2 Å². The molecule has 2 aliphatic rings. The number of carbonyl (C=O) groups excluding carboxylic acids is 2. The van der Waals surface area contributed by atoms with Gasteiger partial charge in [-0.15, -0.1) is 0 Å². The SMILES string of the molecule is C[C@@H](NC(=O)[C@H]1CCCO1)C(=O)N1CCN(c2ccccn2)CC1. The molecule has 24 heavy (non-hydrogen) atoms. The molecule has 0 radical (unpaired) electrons. The van der Waals surface area contributed by atoms with Crippen LogP contribution in [0.1, 0.15) is 19.8 Å². The lowest BCUT2D eigenvalue weighted by molar-refractivity contribution is -0.139. The van der Waals surface area contributed by atoms with Gasteiger partial charge in [-0.1, -0.05) is 6.07 Å². The summed E-state index contributed by atoms with van der Waals surface area (Å²) in [5.74, 6) is 0.715. The summed E-state index contributed by atoms with van der Waals surface area (Å²) < 4.78 is 5.35. The van der Waals surface area contributed by atoms with Crippen molar-refractivity contribution >= 4 is 17.6 Å². The summed E-state index contributed by atoms with van der Waals surface area (Å²) in [5.41, 5.74) is 0. The molecule has 0 aliphatic carbocycles. The van der Waals surface area contributed by atoms with Crippen molar-refractivity contribution in [2.75, 3.05) is 37.7 Å². The fraction of sp³-hybridized carbons (Fsp3) is 0.588. The second-order valence-corrected chi connectivity index (χ2v) is 6.23. The lowest BCUT2D eigenvalue weighted by Gasteiger charge is -2.36. The minimum absolute atomic E-state index is 0.0398. The van der Waals surface area contributed by atoms with E-state index in [0.717, 1.165) is 31.7 Å². The molecule has 2 aliphatic heterocycles. The average molecular weight is 332 g/mol. The first-order valence-electron chi connectivity index (χ1n) is 8.52. The van der Waals surface area contributed by atoms with Crippen molar-refractivity contribution in [1.82, 2.24) is 15.2 Å². The van der Waals surface area contributed by atoms with Crippen LogP contribution in [0.5, 0.6) is 0 Å². The minimum Gasteiger partial charge on any atom is -0.368 e. The molecule has 3 heterocycles. The zero-order chi connectivity index (χ0) is 16.9. The Morgan fingerprint density at radius 3 is 2.71 bits per heavy atom. The number of aromatic nitrogens is 1. The van der Waals surface area contributed by atoms with E-state index in [4.69, 9.17) is 4.74 Å². The molecule has 2 saturated heterocycles. The lowest BCUT2D eigenvalue weighted by atomic mass is 10.2. The molecule has 0 bridgehead atoms. The molecule has 0 spiro atoms. The number of rotatable bonds is 4. The second kappa shape index (κ2) is 7.61. The van der Waals surface area contributed by atoms with E-state index in [1.807, 2.05) is 18.2 Å². The van der Waals surface area contributed by atoms with Crippen molar-refractivity contribution in [3.63, 3.8) is 0 Å². The van der Waals surface area contributed by atoms with E-state index in [9.17, 15) is 9.59 Å². The zero-order valence-corrected chi connectivity index (χ0v) is 14.0. The van der Waals surface area contributed by atoms with Gasteiger partial charge >= 0.3 is 0 Å². The highest BCUT2D eigenvalue weighted by Crippen LogP contribution is 2.14. The van der Waals surface area contributed by atoms with Gasteiger partial charge in [-0.3, -0.25) is 9.59 Å². The molecule has 0 saturated carbocycles. The van der Waals surface area contributed by atoms with Gasteiger partial charge in [0.25, 0.3) is 0 Å². The molecule has 1 aromatic rings. The minimum atomic E-state index is -0.525. The average Bonchev–Trinajstić information content (AvgIpc) is 3.17. The van der Waals surface area contributed by atoms with E-state index >= 15 is 0 Å². The highest BCUT2D eigenvalue weighted by Gasteiger charge is 2.29. The standard InChI is InChI=1S/C17H24N4O3/c1-13(19-16(22)14-5-4-12-24-14)17(23)21-10-8-20(9-11-21)15-6-2-3-7-18-15/h2-3,6-7,13-14H,4-5,8-12H2,1H3,(H,19,22)/t13-,14-/m1/s1. The smallest absolute Gasteiger partial charge is 0.249 e. The maximum absolute atomic E-state index is 12.5. The van der Waals surface area contributed by atoms with E-state index in [0.29, 0.717) is 19.7 Å². The number of carbonyl (C=O) groups is 2. The van der Waals surface area contributed by atoms with Gasteiger partial charge in [-0.25, -0.2) is 4.98 Å². The van der Waals surface area contributed by atoms with E-state index in [2.05, 4.69) is 15.2 Å². The summed E-state index contributed by atoms with van der Waals surface area (Å²) in [6, 6.07) is 5.30. The van der Waals surface area contributed by atoms with Gasteiger partial charge in [0.15, 0.2) is 0 Å². The summed E-state index contributed by atoms with van der Waals surface area (Å²) in [5, 5.41) is 2.78. The van der Waals surface area contributed by atoms with Crippen molar-refractivity contribution in [3.05, 3.63) is 24.4 Å². The number of amides is 2. The molecule has 2 fully saturated rings. The third-order valence-corrected chi connectivity index (χ3v) is 4.52. The fourth-order valence-corrected chi connectivity index (χ4v) is 3.12. The van der Waals surface area contributed by atoms with Crippen LogP contribution in [-0.2, 0) is 14.3 Å². The third-order valence-electron chi connectivity index (χ3n) is 4.52. The Hall–Kier alpha value is -2.15. The van der Waals surface area contributed by atoms with Gasteiger partial charge < -0.3 is 19.9 Å². The van der Waals surface area contributed by atoms with Gasteiger partial charge in [-0.05, 0) is 31.9 Å². The molecule has 2 amide bonds. The van der Waals surface area contributed by atoms with Gasteiger partial charge in [0, 0.05) is 39.0 Å². The number of nitrogens with one attached hydrogen (secondary N) is 1. The van der Waals surface area contributed by atoms with Gasteiger partial charge in [0.1, 0.15) is 18.0 Å². The Balaban J connectivity index is 1.48. The van der Waals surface area contributed by atoms with Crippen LogP contribution in [0.2, 0.25) is 0 Å². The number of piperazine rings is 1. The van der Waals surface area contributed by atoms with Gasteiger partial charge in [0.05, 0.1) is 0 Å². The van der Waals surface area contributed by atoms with E-state index in [1.54, 1.807) is 18.0 Å². The number of hydrogen-bond donors (Lipinski definition) is 1. The highest BCUT2D eigenvalue weighted by molar-refractivity contribution is 5.89. The molecule has 0 unspecified atom stereocenters. The van der Waals surface area contributed by atoms with E-state index < -0.39 is 12.1 Å². The topological polar surface area (TPSA) is 74.8 Å². The van der Waals surface area contributed by atoms with Crippen molar-refractivity contribution in [2.45, 2.75) is 31.9 Å². The molecular formula is C17H24N4O3. The lowest BCUT2D eigenvalue weighted by Crippen LogP contribution is -2.55. The number of ether oxygens (including phenoxy) is 1.